The van der Waals surface area contributed by atoms with Gasteiger partial charge in [0.15, 0.2) is 11.0 Å². The van der Waals surface area contributed by atoms with Gasteiger partial charge in [-0.3, -0.25) is 4.79 Å². The molecule has 3 rings (SSSR count). The number of aromatic nitrogens is 3. The van der Waals surface area contributed by atoms with Crippen molar-refractivity contribution in [2.45, 2.75) is 26.3 Å². The molecule has 1 atom stereocenters. The van der Waals surface area contributed by atoms with Crippen LogP contribution in [0.2, 0.25) is 5.15 Å². The van der Waals surface area contributed by atoms with Gasteiger partial charge in [-0.25, -0.2) is 0 Å². The number of aryl methyl sites for hydroxylation is 1. The minimum absolute atomic E-state index is 0.0300. The van der Waals surface area contributed by atoms with Crippen molar-refractivity contribution in [1.29, 1.82) is 0 Å². The second-order valence-electron chi connectivity index (χ2n) is 6.24. The molecule has 1 saturated heterocycles. The van der Waals surface area contributed by atoms with Crippen molar-refractivity contribution >= 4 is 23.3 Å². The first-order valence-electron chi connectivity index (χ1n) is 8.17. The molecule has 0 bridgehead atoms. The van der Waals surface area contributed by atoms with E-state index in [0.717, 1.165) is 30.9 Å². The summed E-state index contributed by atoms with van der Waals surface area (Å²) in [6, 6.07) is 7.68. The molecule has 2 aromatic rings. The molecule has 1 unspecified atom stereocenters. The summed E-state index contributed by atoms with van der Waals surface area (Å²) >= 11 is 5.79. The molecule has 0 aromatic carbocycles. The maximum Gasteiger partial charge on any atom is 0.225 e. The van der Waals surface area contributed by atoms with Crippen molar-refractivity contribution in [1.82, 2.24) is 20.1 Å². The van der Waals surface area contributed by atoms with Gasteiger partial charge in [-0.1, -0.05) is 11.6 Å². The molecule has 0 radical (unpaired) electrons. The zero-order chi connectivity index (χ0) is 17.1. The first kappa shape index (κ1) is 16.8. The third-order valence-corrected chi connectivity index (χ3v) is 4.86. The molecule has 0 spiro atoms. The van der Waals surface area contributed by atoms with Gasteiger partial charge >= 0.3 is 0 Å². The summed E-state index contributed by atoms with van der Waals surface area (Å²) in [5.41, 5.74) is 2.29. The first-order valence-corrected chi connectivity index (χ1v) is 8.55. The van der Waals surface area contributed by atoms with Crippen LogP contribution in [0.4, 0.5) is 5.82 Å². The smallest absolute Gasteiger partial charge is 0.225 e. The largest absolute Gasteiger partial charge is 0.354 e. The molecule has 0 saturated carbocycles. The third-order valence-electron chi connectivity index (χ3n) is 4.65. The second kappa shape index (κ2) is 7.21. The lowest BCUT2D eigenvalue weighted by atomic mass is 9.97. The molecule has 6 nitrogen and oxygen atoms in total. The SMILES string of the molecule is Cc1ccc(CNC(=O)C2CCCN(c3ccc(Cl)nn3)C2)n1C. The van der Waals surface area contributed by atoms with Gasteiger partial charge in [0.2, 0.25) is 5.91 Å². The number of anilines is 1. The third kappa shape index (κ3) is 3.70. The standard InChI is InChI=1S/C17H22ClN5O/c1-12-5-6-14(22(12)2)10-19-17(24)13-4-3-9-23(11-13)16-8-7-15(18)20-21-16/h5-8,13H,3-4,9-11H2,1-2H3,(H,19,24). The van der Waals surface area contributed by atoms with E-state index in [1.54, 1.807) is 6.07 Å². The summed E-state index contributed by atoms with van der Waals surface area (Å²) in [5, 5.41) is 11.4. The van der Waals surface area contributed by atoms with Crippen LogP contribution >= 0.6 is 11.6 Å². The Bertz CT molecular complexity index is 712. The minimum Gasteiger partial charge on any atom is -0.354 e. The van der Waals surface area contributed by atoms with Gasteiger partial charge in [0.1, 0.15) is 0 Å². The molecule has 128 valence electrons. The van der Waals surface area contributed by atoms with Crippen molar-refractivity contribution in [3.63, 3.8) is 0 Å². The lowest BCUT2D eigenvalue weighted by Gasteiger charge is -2.32. The predicted octanol–water partition coefficient (Wildman–Crippen LogP) is 2.31. The van der Waals surface area contributed by atoms with Gasteiger partial charge in [0, 0.05) is 31.5 Å². The monoisotopic (exact) mass is 347 g/mol. The quantitative estimate of drug-likeness (QED) is 0.921. The Morgan fingerprint density at radius 1 is 1.33 bits per heavy atom. The van der Waals surface area contributed by atoms with E-state index in [0.29, 0.717) is 18.2 Å². The van der Waals surface area contributed by atoms with Crippen molar-refractivity contribution in [2.75, 3.05) is 18.0 Å². The van der Waals surface area contributed by atoms with Crippen molar-refractivity contribution in [3.05, 3.63) is 40.8 Å². The van der Waals surface area contributed by atoms with Crippen LogP contribution in [0.15, 0.2) is 24.3 Å². The van der Waals surface area contributed by atoms with Crippen LogP contribution in [0.1, 0.15) is 24.2 Å². The van der Waals surface area contributed by atoms with E-state index >= 15 is 0 Å². The molecule has 24 heavy (non-hydrogen) atoms. The van der Waals surface area contributed by atoms with Crippen molar-refractivity contribution in [3.8, 4) is 0 Å². The Labute approximate surface area is 146 Å². The Balaban J connectivity index is 1.58. The van der Waals surface area contributed by atoms with Gasteiger partial charge in [0.25, 0.3) is 0 Å². The van der Waals surface area contributed by atoms with E-state index in [4.69, 9.17) is 11.6 Å². The highest BCUT2D eigenvalue weighted by Gasteiger charge is 2.26. The average Bonchev–Trinajstić information content (AvgIpc) is 2.92. The van der Waals surface area contributed by atoms with Crippen LogP contribution < -0.4 is 10.2 Å². The number of hydrogen-bond donors (Lipinski definition) is 1. The van der Waals surface area contributed by atoms with E-state index in [1.807, 2.05) is 19.2 Å². The molecular formula is C17H22ClN5O. The van der Waals surface area contributed by atoms with Gasteiger partial charge in [-0.05, 0) is 44.0 Å². The number of piperidine rings is 1. The van der Waals surface area contributed by atoms with E-state index in [-0.39, 0.29) is 11.8 Å². The number of nitrogens with one attached hydrogen (secondary N) is 1. The van der Waals surface area contributed by atoms with Crippen LogP contribution in [-0.4, -0.2) is 33.8 Å². The van der Waals surface area contributed by atoms with Gasteiger partial charge < -0.3 is 14.8 Å². The second-order valence-corrected chi connectivity index (χ2v) is 6.63. The summed E-state index contributed by atoms with van der Waals surface area (Å²) < 4.78 is 2.09. The van der Waals surface area contributed by atoms with Crippen LogP contribution in [0.3, 0.4) is 0 Å². The summed E-state index contributed by atoms with van der Waals surface area (Å²) in [6.07, 6.45) is 1.86. The van der Waals surface area contributed by atoms with E-state index in [1.165, 1.54) is 5.69 Å². The highest BCUT2D eigenvalue weighted by molar-refractivity contribution is 6.29. The molecule has 1 aliphatic heterocycles. The lowest BCUT2D eigenvalue weighted by molar-refractivity contribution is -0.125. The van der Waals surface area contributed by atoms with Gasteiger partial charge in [0.05, 0.1) is 12.5 Å². The first-order chi connectivity index (χ1) is 11.5. The van der Waals surface area contributed by atoms with Crippen LogP contribution in [-0.2, 0) is 18.4 Å². The van der Waals surface area contributed by atoms with E-state index < -0.39 is 0 Å². The molecule has 1 N–H and O–H groups in total. The van der Waals surface area contributed by atoms with Crippen molar-refractivity contribution in [2.24, 2.45) is 13.0 Å². The molecule has 7 heteroatoms. The highest BCUT2D eigenvalue weighted by Crippen LogP contribution is 2.22. The molecule has 2 aromatic heterocycles. The Kier molecular flexibility index (Phi) is 5.04. The van der Waals surface area contributed by atoms with Gasteiger partial charge in [-0.15, -0.1) is 10.2 Å². The normalized spacial score (nSPS) is 17.8. The maximum absolute atomic E-state index is 12.5. The minimum atomic E-state index is -0.0300. The zero-order valence-corrected chi connectivity index (χ0v) is 14.8. The molecule has 1 fully saturated rings. The number of nitrogens with zero attached hydrogens (tertiary/aromatic N) is 4. The Morgan fingerprint density at radius 2 is 2.17 bits per heavy atom. The van der Waals surface area contributed by atoms with Crippen LogP contribution in [0.5, 0.6) is 0 Å². The number of amides is 1. The topological polar surface area (TPSA) is 63.1 Å². The molecule has 1 amide bonds. The highest BCUT2D eigenvalue weighted by atomic mass is 35.5. The predicted molar refractivity (Wildman–Crippen MR) is 94.0 cm³/mol. The Morgan fingerprint density at radius 3 is 2.83 bits per heavy atom. The lowest BCUT2D eigenvalue weighted by Crippen LogP contribution is -2.43. The van der Waals surface area contributed by atoms with Crippen LogP contribution in [0.25, 0.3) is 0 Å². The zero-order valence-electron chi connectivity index (χ0n) is 14.0. The van der Waals surface area contributed by atoms with Gasteiger partial charge in [-0.2, -0.15) is 0 Å². The number of halogens is 1. The fourth-order valence-electron chi connectivity index (χ4n) is 3.04. The van der Waals surface area contributed by atoms with Crippen LogP contribution in [0, 0.1) is 12.8 Å². The number of rotatable bonds is 4. The summed E-state index contributed by atoms with van der Waals surface area (Å²) in [6.45, 7) is 4.16. The maximum atomic E-state index is 12.5. The summed E-state index contributed by atoms with van der Waals surface area (Å²) in [5.74, 6) is 0.841. The number of carbonyl (C=O) groups is 1. The molecule has 1 aliphatic rings. The summed E-state index contributed by atoms with van der Waals surface area (Å²) in [4.78, 5) is 14.6. The number of carbonyl (C=O) groups excluding carboxylic acids is 1. The van der Waals surface area contributed by atoms with E-state index in [2.05, 4.69) is 38.0 Å². The molecule has 0 aliphatic carbocycles. The average molecular weight is 348 g/mol. The number of hydrogen-bond acceptors (Lipinski definition) is 4. The van der Waals surface area contributed by atoms with Crippen molar-refractivity contribution < 1.29 is 4.79 Å². The fraction of sp³-hybridized carbons (Fsp3) is 0.471. The molecular weight excluding hydrogens is 326 g/mol. The van der Waals surface area contributed by atoms with E-state index in [9.17, 15) is 4.79 Å². The fourth-order valence-corrected chi connectivity index (χ4v) is 3.14. The summed E-state index contributed by atoms with van der Waals surface area (Å²) in [7, 11) is 2.01. The Hall–Kier alpha value is -2.08. The molecule has 3 heterocycles.